The van der Waals surface area contributed by atoms with Gasteiger partial charge < -0.3 is 15.4 Å². The van der Waals surface area contributed by atoms with Crippen molar-refractivity contribution in [2.75, 3.05) is 13.2 Å². The first-order chi connectivity index (χ1) is 6.83. The van der Waals surface area contributed by atoms with Crippen molar-refractivity contribution in [3.05, 3.63) is 12.8 Å². The molecule has 1 aliphatic rings. The van der Waals surface area contributed by atoms with E-state index in [0.29, 0.717) is 19.2 Å². The number of nitrogens with one attached hydrogen (secondary N) is 2. The van der Waals surface area contributed by atoms with E-state index in [0.717, 1.165) is 19.3 Å². The fraction of sp³-hybridized carbons (Fsp3) is 0.700. The molecule has 0 atom stereocenters. The molecule has 0 radical (unpaired) electrons. The van der Waals surface area contributed by atoms with Crippen molar-refractivity contribution in [1.82, 2.24) is 10.6 Å². The quantitative estimate of drug-likeness (QED) is 0.500. The minimum Gasteiger partial charge on any atom is -0.502 e. The molecule has 0 bridgehead atoms. The molecule has 1 saturated carbocycles. The highest BCUT2D eigenvalue weighted by Gasteiger charge is 2.18. The molecule has 4 nitrogen and oxygen atoms in total. The van der Waals surface area contributed by atoms with Crippen molar-refractivity contribution < 1.29 is 9.53 Å². The minimum absolute atomic E-state index is 0.0618. The summed E-state index contributed by atoms with van der Waals surface area (Å²) in [6, 6.07) is 0.340. The molecule has 2 amide bonds. The third-order valence-corrected chi connectivity index (χ3v) is 2.28. The van der Waals surface area contributed by atoms with Gasteiger partial charge in [0.05, 0.1) is 12.9 Å². The van der Waals surface area contributed by atoms with Crippen LogP contribution in [0.1, 0.15) is 25.7 Å². The summed E-state index contributed by atoms with van der Waals surface area (Å²) in [6.07, 6.45) is 5.69. The molecule has 80 valence electrons. The lowest BCUT2D eigenvalue weighted by Crippen LogP contribution is -2.45. The molecule has 4 heteroatoms. The van der Waals surface area contributed by atoms with E-state index in [1.54, 1.807) is 0 Å². The molecule has 2 N–H and O–H groups in total. The van der Waals surface area contributed by atoms with Crippen LogP contribution in [-0.2, 0) is 4.74 Å². The number of ether oxygens (including phenoxy) is 1. The van der Waals surface area contributed by atoms with Crippen molar-refractivity contribution >= 4 is 6.03 Å². The van der Waals surface area contributed by atoms with Gasteiger partial charge in [0.15, 0.2) is 0 Å². The summed E-state index contributed by atoms with van der Waals surface area (Å²) in [5.74, 6) is 0. The maximum Gasteiger partial charge on any atom is 0.315 e. The van der Waals surface area contributed by atoms with Crippen molar-refractivity contribution in [3.8, 4) is 0 Å². The van der Waals surface area contributed by atoms with Gasteiger partial charge in [-0.05, 0) is 25.7 Å². The molecule has 0 aliphatic heterocycles. The average molecular weight is 198 g/mol. The summed E-state index contributed by atoms with van der Waals surface area (Å²) in [7, 11) is 0. The van der Waals surface area contributed by atoms with Gasteiger partial charge in [-0.2, -0.15) is 0 Å². The predicted octanol–water partition coefficient (Wildman–Crippen LogP) is 1.39. The van der Waals surface area contributed by atoms with Gasteiger partial charge in [0, 0.05) is 12.6 Å². The second-order valence-corrected chi connectivity index (χ2v) is 3.42. The highest BCUT2D eigenvalue weighted by Crippen LogP contribution is 2.17. The van der Waals surface area contributed by atoms with Crippen LogP contribution in [0.2, 0.25) is 0 Å². The van der Waals surface area contributed by atoms with Crippen molar-refractivity contribution in [1.29, 1.82) is 0 Å². The smallest absolute Gasteiger partial charge is 0.315 e. The normalized spacial score (nSPS) is 15.4. The van der Waals surface area contributed by atoms with Crippen molar-refractivity contribution in [3.63, 3.8) is 0 Å². The molecule has 0 aromatic heterocycles. The van der Waals surface area contributed by atoms with Crippen LogP contribution in [0.25, 0.3) is 0 Å². The molecule has 0 spiro atoms. The average Bonchev–Trinajstić information content (AvgIpc) is 2.11. The topological polar surface area (TPSA) is 50.4 Å². The summed E-state index contributed by atoms with van der Waals surface area (Å²) in [6.45, 7) is 4.68. The van der Waals surface area contributed by atoms with Crippen LogP contribution in [0.4, 0.5) is 4.79 Å². The van der Waals surface area contributed by atoms with E-state index >= 15 is 0 Å². The Labute approximate surface area is 84.7 Å². The van der Waals surface area contributed by atoms with Crippen LogP contribution < -0.4 is 10.6 Å². The molecule has 0 aromatic carbocycles. The first kappa shape index (κ1) is 10.9. The standard InChI is InChI=1S/C10H18N2O2/c1-2-14-8-4-7-11-10(13)12-9-5-3-6-9/h2,9H,1,3-8H2,(H2,11,12,13). The zero-order valence-corrected chi connectivity index (χ0v) is 8.42. The zero-order chi connectivity index (χ0) is 10.2. The SMILES string of the molecule is C=COCCCNC(=O)NC1CCC1. The molecule has 1 aliphatic carbocycles. The Balaban J connectivity index is 1.89. The summed E-state index contributed by atoms with van der Waals surface area (Å²) in [5, 5.41) is 5.67. The number of amides is 2. The lowest BCUT2D eigenvalue weighted by molar-refractivity contribution is 0.223. The van der Waals surface area contributed by atoms with Crippen LogP contribution in [0.15, 0.2) is 12.8 Å². The van der Waals surface area contributed by atoms with E-state index in [1.807, 2.05) is 0 Å². The summed E-state index contributed by atoms with van der Waals surface area (Å²) < 4.78 is 4.92. The van der Waals surface area contributed by atoms with E-state index in [4.69, 9.17) is 4.74 Å². The largest absolute Gasteiger partial charge is 0.502 e. The van der Waals surface area contributed by atoms with Gasteiger partial charge in [-0.3, -0.25) is 0 Å². The van der Waals surface area contributed by atoms with Crippen LogP contribution >= 0.6 is 0 Å². The van der Waals surface area contributed by atoms with E-state index in [1.165, 1.54) is 12.7 Å². The van der Waals surface area contributed by atoms with Crippen molar-refractivity contribution in [2.45, 2.75) is 31.7 Å². The first-order valence-corrected chi connectivity index (χ1v) is 5.10. The summed E-state index contributed by atoms with van der Waals surface area (Å²) in [5.41, 5.74) is 0. The maximum absolute atomic E-state index is 11.2. The lowest BCUT2D eigenvalue weighted by atomic mass is 9.93. The monoisotopic (exact) mass is 198 g/mol. The molecule has 0 heterocycles. The molecule has 1 fully saturated rings. The number of rotatable bonds is 6. The number of urea groups is 1. The third-order valence-electron chi connectivity index (χ3n) is 2.28. The number of carbonyl (C=O) groups excluding carboxylic acids is 1. The Morgan fingerprint density at radius 2 is 2.36 bits per heavy atom. The second-order valence-electron chi connectivity index (χ2n) is 3.42. The van der Waals surface area contributed by atoms with Gasteiger partial charge in [-0.1, -0.05) is 6.58 Å². The molecule has 0 saturated heterocycles. The molecule has 14 heavy (non-hydrogen) atoms. The minimum atomic E-state index is -0.0618. The zero-order valence-electron chi connectivity index (χ0n) is 8.42. The van der Waals surface area contributed by atoms with E-state index in [-0.39, 0.29) is 6.03 Å². The van der Waals surface area contributed by atoms with Gasteiger partial charge in [0.2, 0.25) is 0 Å². The van der Waals surface area contributed by atoms with Gasteiger partial charge in [0.1, 0.15) is 0 Å². The van der Waals surface area contributed by atoms with E-state index in [9.17, 15) is 4.79 Å². The Hall–Kier alpha value is -1.19. The highest BCUT2D eigenvalue weighted by atomic mass is 16.5. The van der Waals surface area contributed by atoms with E-state index in [2.05, 4.69) is 17.2 Å². The van der Waals surface area contributed by atoms with Crippen LogP contribution in [-0.4, -0.2) is 25.2 Å². The first-order valence-electron chi connectivity index (χ1n) is 5.10. The molecular weight excluding hydrogens is 180 g/mol. The Morgan fingerprint density at radius 3 is 2.93 bits per heavy atom. The van der Waals surface area contributed by atoms with Gasteiger partial charge >= 0.3 is 6.03 Å². The van der Waals surface area contributed by atoms with E-state index < -0.39 is 0 Å². The number of hydrogen-bond acceptors (Lipinski definition) is 2. The van der Waals surface area contributed by atoms with Crippen LogP contribution in [0.5, 0.6) is 0 Å². The number of hydrogen-bond donors (Lipinski definition) is 2. The maximum atomic E-state index is 11.2. The second kappa shape index (κ2) is 6.29. The Morgan fingerprint density at radius 1 is 1.57 bits per heavy atom. The predicted molar refractivity (Wildman–Crippen MR) is 54.9 cm³/mol. The lowest BCUT2D eigenvalue weighted by Gasteiger charge is -2.26. The fourth-order valence-corrected chi connectivity index (χ4v) is 1.23. The highest BCUT2D eigenvalue weighted by molar-refractivity contribution is 5.74. The van der Waals surface area contributed by atoms with Gasteiger partial charge in [0.25, 0.3) is 0 Å². The van der Waals surface area contributed by atoms with Gasteiger partial charge in [-0.25, -0.2) is 4.79 Å². The summed E-state index contributed by atoms with van der Waals surface area (Å²) >= 11 is 0. The Bertz CT molecular complexity index is 191. The molecular formula is C10H18N2O2. The van der Waals surface area contributed by atoms with Gasteiger partial charge in [-0.15, -0.1) is 0 Å². The fourth-order valence-electron chi connectivity index (χ4n) is 1.23. The Kier molecular flexibility index (Phi) is 4.89. The molecule has 0 aromatic rings. The molecule has 1 rings (SSSR count). The molecule has 0 unspecified atom stereocenters. The van der Waals surface area contributed by atoms with Crippen molar-refractivity contribution in [2.24, 2.45) is 0 Å². The summed E-state index contributed by atoms with van der Waals surface area (Å²) in [4.78, 5) is 11.2. The van der Waals surface area contributed by atoms with Crippen LogP contribution in [0, 0.1) is 0 Å². The van der Waals surface area contributed by atoms with Crippen LogP contribution in [0.3, 0.4) is 0 Å². The number of carbonyl (C=O) groups is 1. The third kappa shape index (κ3) is 4.16.